The highest BCUT2D eigenvalue weighted by atomic mass is 17.3. The highest BCUT2D eigenvalue weighted by molar-refractivity contribution is 5.63. The van der Waals surface area contributed by atoms with Gasteiger partial charge in [0.05, 0.1) is 0 Å². The summed E-state index contributed by atoms with van der Waals surface area (Å²) < 4.78 is 9.04. The molecule has 0 rings (SSSR count). The normalized spacial score (nSPS) is 10.1. The van der Waals surface area contributed by atoms with E-state index < -0.39 is 17.9 Å². The molecule has 0 spiro atoms. The summed E-state index contributed by atoms with van der Waals surface area (Å²) in [4.78, 5) is 29.5. The van der Waals surface area contributed by atoms with Gasteiger partial charge in [0.15, 0.2) is 0 Å². The summed E-state index contributed by atoms with van der Waals surface area (Å²) in [6.45, 7) is 8.21. The molecule has 0 aliphatic rings. The summed E-state index contributed by atoms with van der Waals surface area (Å²) in [5.41, 5.74) is -0.717. The Morgan fingerprint density at radius 3 is 2.20 bits per heavy atom. The SMILES string of the molecule is C=CCOC(=O)OOC(=O)OC(C)(C)C. The molecule has 86 valence electrons. The third-order valence-electron chi connectivity index (χ3n) is 0.886. The lowest BCUT2D eigenvalue weighted by Gasteiger charge is -2.17. The van der Waals surface area contributed by atoms with Gasteiger partial charge in [-0.05, 0) is 20.8 Å². The van der Waals surface area contributed by atoms with Crippen LogP contribution in [0.4, 0.5) is 9.59 Å². The van der Waals surface area contributed by atoms with E-state index in [1.165, 1.54) is 6.08 Å². The van der Waals surface area contributed by atoms with Crippen LogP contribution in [0, 0.1) is 0 Å². The summed E-state index contributed by atoms with van der Waals surface area (Å²) >= 11 is 0. The maximum atomic E-state index is 10.8. The van der Waals surface area contributed by atoms with Gasteiger partial charge in [-0.15, -0.1) is 0 Å². The Kier molecular flexibility index (Phi) is 5.22. The average molecular weight is 218 g/mol. The van der Waals surface area contributed by atoms with Crippen molar-refractivity contribution in [3.05, 3.63) is 12.7 Å². The smallest absolute Gasteiger partial charge is 0.428 e. The molecule has 0 aromatic carbocycles. The van der Waals surface area contributed by atoms with Crippen LogP contribution >= 0.6 is 0 Å². The van der Waals surface area contributed by atoms with E-state index in [0.29, 0.717) is 0 Å². The number of rotatable bonds is 2. The molecule has 0 amide bonds. The van der Waals surface area contributed by atoms with E-state index in [2.05, 4.69) is 25.8 Å². The summed E-state index contributed by atoms with van der Waals surface area (Å²) in [6.07, 6.45) is -0.909. The van der Waals surface area contributed by atoms with Crippen molar-refractivity contribution in [2.24, 2.45) is 0 Å². The second-order valence-electron chi connectivity index (χ2n) is 3.48. The molecule has 0 unspecified atom stereocenters. The minimum Gasteiger partial charge on any atom is -0.428 e. The zero-order chi connectivity index (χ0) is 11.9. The molecular weight excluding hydrogens is 204 g/mol. The van der Waals surface area contributed by atoms with Crippen molar-refractivity contribution >= 4 is 12.3 Å². The first-order chi connectivity index (χ1) is 6.85. The highest BCUT2D eigenvalue weighted by Gasteiger charge is 2.19. The lowest BCUT2D eigenvalue weighted by molar-refractivity contribution is -0.224. The van der Waals surface area contributed by atoms with Crippen LogP contribution in [0.2, 0.25) is 0 Å². The van der Waals surface area contributed by atoms with Crippen LogP contribution in [-0.4, -0.2) is 24.5 Å². The molecule has 0 aromatic heterocycles. The van der Waals surface area contributed by atoms with Crippen molar-refractivity contribution in [1.82, 2.24) is 0 Å². The molecule has 0 fully saturated rings. The minimum absolute atomic E-state index is 0.0312. The van der Waals surface area contributed by atoms with E-state index in [-0.39, 0.29) is 6.61 Å². The van der Waals surface area contributed by atoms with Gasteiger partial charge in [0.1, 0.15) is 12.2 Å². The molecule has 0 bridgehead atoms. The first kappa shape index (κ1) is 13.3. The molecule has 0 heterocycles. The molecule has 6 nitrogen and oxygen atoms in total. The molecule has 0 aliphatic carbocycles. The summed E-state index contributed by atoms with van der Waals surface area (Å²) in [5, 5.41) is 0. The van der Waals surface area contributed by atoms with E-state index in [1.54, 1.807) is 20.8 Å². The lowest BCUT2D eigenvalue weighted by Crippen LogP contribution is -2.25. The van der Waals surface area contributed by atoms with Crippen molar-refractivity contribution in [3.63, 3.8) is 0 Å². The summed E-state index contributed by atoms with van der Waals surface area (Å²) in [5.74, 6) is 0. The Balaban J connectivity index is 3.71. The third-order valence-corrected chi connectivity index (χ3v) is 0.886. The Hall–Kier alpha value is -1.72. The van der Waals surface area contributed by atoms with Gasteiger partial charge in [-0.25, -0.2) is 0 Å². The Morgan fingerprint density at radius 2 is 1.73 bits per heavy atom. The van der Waals surface area contributed by atoms with Crippen molar-refractivity contribution in [3.8, 4) is 0 Å². The van der Waals surface area contributed by atoms with Crippen LogP contribution in [0.1, 0.15) is 20.8 Å². The second kappa shape index (κ2) is 5.90. The van der Waals surface area contributed by atoms with Gasteiger partial charge in [0.25, 0.3) is 0 Å². The molecule has 6 heteroatoms. The summed E-state index contributed by atoms with van der Waals surface area (Å²) in [7, 11) is 0. The second-order valence-corrected chi connectivity index (χ2v) is 3.48. The maximum Gasteiger partial charge on any atom is 0.550 e. The van der Waals surface area contributed by atoms with Gasteiger partial charge in [-0.2, -0.15) is 19.4 Å². The molecule has 0 saturated carbocycles. The summed E-state index contributed by atoms with van der Waals surface area (Å²) in [6, 6.07) is 0. The van der Waals surface area contributed by atoms with Crippen molar-refractivity contribution in [1.29, 1.82) is 0 Å². The molecule has 0 atom stereocenters. The van der Waals surface area contributed by atoms with Crippen LogP contribution < -0.4 is 0 Å². The van der Waals surface area contributed by atoms with Crippen LogP contribution in [-0.2, 0) is 19.2 Å². The van der Waals surface area contributed by atoms with E-state index in [4.69, 9.17) is 0 Å². The standard InChI is InChI=1S/C9H14O6/c1-5-6-12-7(10)14-15-8(11)13-9(2,3)4/h5H,1,6H2,2-4H3. The van der Waals surface area contributed by atoms with Gasteiger partial charge < -0.3 is 9.47 Å². The highest BCUT2D eigenvalue weighted by Crippen LogP contribution is 2.08. The molecular formula is C9H14O6. The number of carbonyl (C=O) groups is 2. The van der Waals surface area contributed by atoms with Crippen molar-refractivity contribution < 1.29 is 28.8 Å². The Labute approximate surface area is 87.7 Å². The van der Waals surface area contributed by atoms with Crippen molar-refractivity contribution in [2.45, 2.75) is 26.4 Å². The quantitative estimate of drug-likeness (QED) is 0.306. The average Bonchev–Trinajstić information content (AvgIpc) is 2.08. The van der Waals surface area contributed by atoms with Gasteiger partial charge in [0.2, 0.25) is 0 Å². The first-order valence-corrected chi connectivity index (χ1v) is 4.20. The third kappa shape index (κ3) is 8.61. The zero-order valence-corrected chi connectivity index (χ0v) is 8.94. The van der Waals surface area contributed by atoms with Gasteiger partial charge in [-0.3, -0.25) is 0 Å². The molecule has 0 aromatic rings. The predicted octanol–water partition coefficient (Wildman–Crippen LogP) is 2.19. The lowest BCUT2D eigenvalue weighted by atomic mass is 10.2. The Morgan fingerprint density at radius 1 is 1.20 bits per heavy atom. The van der Waals surface area contributed by atoms with E-state index in [1.807, 2.05) is 0 Å². The molecule has 0 saturated heterocycles. The Bertz CT molecular complexity index is 239. The number of hydrogen-bond acceptors (Lipinski definition) is 6. The van der Waals surface area contributed by atoms with E-state index >= 15 is 0 Å². The van der Waals surface area contributed by atoms with Crippen LogP contribution in [0.25, 0.3) is 0 Å². The monoisotopic (exact) mass is 218 g/mol. The zero-order valence-electron chi connectivity index (χ0n) is 8.94. The van der Waals surface area contributed by atoms with Gasteiger partial charge >= 0.3 is 12.3 Å². The number of carbonyl (C=O) groups excluding carboxylic acids is 2. The predicted molar refractivity (Wildman–Crippen MR) is 49.9 cm³/mol. The maximum absolute atomic E-state index is 10.8. The fourth-order valence-corrected chi connectivity index (χ4v) is 0.486. The number of ether oxygens (including phenoxy) is 2. The molecule has 0 N–H and O–H groups in total. The molecule has 0 radical (unpaired) electrons. The number of hydrogen-bond donors (Lipinski definition) is 0. The van der Waals surface area contributed by atoms with Crippen molar-refractivity contribution in [2.75, 3.05) is 6.61 Å². The first-order valence-electron chi connectivity index (χ1n) is 4.20. The van der Waals surface area contributed by atoms with Crippen LogP contribution in [0.5, 0.6) is 0 Å². The van der Waals surface area contributed by atoms with Gasteiger partial charge in [0, 0.05) is 0 Å². The molecule has 15 heavy (non-hydrogen) atoms. The van der Waals surface area contributed by atoms with E-state index in [0.717, 1.165) is 0 Å². The fraction of sp³-hybridized carbons (Fsp3) is 0.556. The van der Waals surface area contributed by atoms with Crippen LogP contribution in [0.3, 0.4) is 0 Å². The molecule has 0 aliphatic heterocycles. The topological polar surface area (TPSA) is 71.1 Å². The van der Waals surface area contributed by atoms with E-state index in [9.17, 15) is 9.59 Å². The van der Waals surface area contributed by atoms with Crippen LogP contribution in [0.15, 0.2) is 12.7 Å². The van der Waals surface area contributed by atoms with Gasteiger partial charge in [-0.1, -0.05) is 12.7 Å². The fourth-order valence-electron chi connectivity index (χ4n) is 0.486. The minimum atomic E-state index is -1.14. The largest absolute Gasteiger partial charge is 0.550 e.